The van der Waals surface area contributed by atoms with Crippen LogP contribution in [0.4, 0.5) is 5.13 Å². The summed E-state index contributed by atoms with van der Waals surface area (Å²) < 4.78 is 0. The monoisotopic (exact) mass is 347 g/mol. The first kappa shape index (κ1) is 16.3. The zero-order chi connectivity index (χ0) is 16.1. The summed E-state index contributed by atoms with van der Waals surface area (Å²) in [5, 5.41) is 6.18. The maximum Gasteiger partial charge on any atom is 0.252 e. The molecule has 1 unspecified atom stereocenters. The van der Waals surface area contributed by atoms with E-state index < -0.39 is 0 Å². The molecule has 1 atom stereocenters. The topological polar surface area (TPSA) is 45.2 Å². The molecular weight excluding hydrogens is 326 g/mol. The van der Waals surface area contributed by atoms with Crippen molar-refractivity contribution in [2.24, 2.45) is 0 Å². The summed E-state index contributed by atoms with van der Waals surface area (Å²) in [6, 6.07) is 8.17. The Balaban J connectivity index is 1.63. The summed E-state index contributed by atoms with van der Waals surface area (Å²) in [6.45, 7) is 3.80. The van der Waals surface area contributed by atoms with Gasteiger partial charge in [0.05, 0.1) is 5.56 Å². The molecule has 0 radical (unpaired) electrons. The van der Waals surface area contributed by atoms with Crippen LogP contribution in [-0.4, -0.2) is 35.8 Å². The maximum atomic E-state index is 12.5. The van der Waals surface area contributed by atoms with Crippen molar-refractivity contribution in [1.29, 1.82) is 0 Å². The molecule has 1 saturated heterocycles. The molecule has 23 heavy (non-hydrogen) atoms. The van der Waals surface area contributed by atoms with Gasteiger partial charge in [0.25, 0.3) is 5.91 Å². The highest BCUT2D eigenvalue weighted by Crippen LogP contribution is 2.27. The van der Waals surface area contributed by atoms with Crippen LogP contribution in [0.1, 0.15) is 30.1 Å². The summed E-state index contributed by atoms with van der Waals surface area (Å²) >= 11 is 3.37. The fourth-order valence-corrected chi connectivity index (χ4v) is 4.44. The van der Waals surface area contributed by atoms with Crippen LogP contribution in [0.15, 0.2) is 40.7 Å². The first-order chi connectivity index (χ1) is 11.3. The SMILES string of the molecule is CCSc1ccccc1C(=O)NCC1CCCN1c1nccs1. The van der Waals surface area contributed by atoms with Crippen LogP contribution in [-0.2, 0) is 0 Å². The Hall–Kier alpha value is -1.53. The van der Waals surface area contributed by atoms with Gasteiger partial charge in [-0.15, -0.1) is 23.1 Å². The second-order valence-corrected chi connectivity index (χ2v) is 7.62. The Kier molecular flexibility index (Phi) is 5.56. The van der Waals surface area contributed by atoms with Gasteiger partial charge in [-0.05, 0) is 30.7 Å². The lowest BCUT2D eigenvalue weighted by Gasteiger charge is -2.24. The largest absolute Gasteiger partial charge is 0.350 e. The molecule has 1 aliphatic heterocycles. The van der Waals surface area contributed by atoms with Gasteiger partial charge in [0.2, 0.25) is 0 Å². The number of nitrogens with zero attached hydrogens (tertiary/aromatic N) is 2. The van der Waals surface area contributed by atoms with Gasteiger partial charge in [0.1, 0.15) is 0 Å². The van der Waals surface area contributed by atoms with Crippen molar-refractivity contribution in [1.82, 2.24) is 10.3 Å². The lowest BCUT2D eigenvalue weighted by atomic mass is 10.2. The molecule has 4 nitrogen and oxygen atoms in total. The van der Waals surface area contributed by atoms with E-state index in [-0.39, 0.29) is 5.91 Å². The van der Waals surface area contributed by atoms with Crippen molar-refractivity contribution in [2.45, 2.75) is 30.7 Å². The number of anilines is 1. The number of benzene rings is 1. The van der Waals surface area contributed by atoms with Crippen LogP contribution in [0.5, 0.6) is 0 Å². The average Bonchev–Trinajstić information content (AvgIpc) is 3.24. The number of carbonyl (C=O) groups is 1. The summed E-state index contributed by atoms with van der Waals surface area (Å²) in [5.74, 6) is 0.984. The zero-order valence-electron chi connectivity index (χ0n) is 13.2. The third-order valence-electron chi connectivity index (χ3n) is 3.97. The molecule has 0 spiro atoms. The third kappa shape index (κ3) is 3.87. The Morgan fingerprint density at radius 2 is 2.35 bits per heavy atom. The lowest BCUT2D eigenvalue weighted by molar-refractivity contribution is 0.0948. The van der Waals surface area contributed by atoms with E-state index in [1.807, 2.05) is 35.8 Å². The molecule has 1 aliphatic rings. The number of hydrogen-bond donors (Lipinski definition) is 1. The highest BCUT2D eigenvalue weighted by molar-refractivity contribution is 7.99. The normalized spacial score (nSPS) is 17.4. The van der Waals surface area contributed by atoms with Gasteiger partial charge in [-0.1, -0.05) is 19.1 Å². The molecular formula is C17H21N3OS2. The Bertz CT molecular complexity index is 645. The molecule has 0 bridgehead atoms. The van der Waals surface area contributed by atoms with Crippen molar-refractivity contribution in [3.63, 3.8) is 0 Å². The van der Waals surface area contributed by atoms with Crippen LogP contribution >= 0.6 is 23.1 Å². The van der Waals surface area contributed by atoms with Gasteiger partial charge in [-0.2, -0.15) is 0 Å². The zero-order valence-corrected chi connectivity index (χ0v) is 14.8. The van der Waals surface area contributed by atoms with Crippen LogP contribution in [0.25, 0.3) is 0 Å². The van der Waals surface area contributed by atoms with E-state index in [0.29, 0.717) is 12.6 Å². The molecule has 122 valence electrons. The summed E-state index contributed by atoms with van der Waals surface area (Å²) in [6.07, 6.45) is 4.10. The van der Waals surface area contributed by atoms with Gasteiger partial charge in [0.15, 0.2) is 5.13 Å². The van der Waals surface area contributed by atoms with Gasteiger partial charge < -0.3 is 10.2 Å². The number of thiazole rings is 1. The van der Waals surface area contributed by atoms with Crippen molar-refractivity contribution >= 4 is 34.1 Å². The minimum Gasteiger partial charge on any atom is -0.350 e. The van der Waals surface area contributed by atoms with E-state index in [9.17, 15) is 4.79 Å². The Morgan fingerprint density at radius 3 is 3.13 bits per heavy atom. The fourth-order valence-electron chi connectivity index (χ4n) is 2.90. The highest BCUT2D eigenvalue weighted by Gasteiger charge is 2.26. The number of aromatic nitrogens is 1. The number of nitrogens with one attached hydrogen (secondary N) is 1. The molecule has 1 aromatic carbocycles. The van der Waals surface area contributed by atoms with Gasteiger partial charge in [-0.25, -0.2) is 4.98 Å². The van der Waals surface area contributed by atoms with E-state index in [1.165, 1.54) is 0 Å². The Morgan fingerprint density at radius 1 is 1.48 bits per heavy atom. The molecule has 0 saturated carbocycles. The first-order valence-electron chi connectivity index (χ1n) is 7.95. The van der Waals surface area contributed by atoms with E-state index >= 15 is 0 Å². The molecule has 2 heterocycles. The molecule has 1 amide bonds. The minimum atomic E-state index is 0.0209. The predicted molar refractivity (Wildman–Crippen MR) is 97.7 cm³/mol. The molecule has 1 N–H and O–H groups in total. The predicted octanol–water partition coefficient (Wildman–Crippen LogP) is 3.65. The van der Waals surface area contributed by atoms with Crippen molar-refractivity contribution in [3.05, 3.63) is 41.4 Å². The standard InChI is InChI=1S/C17H21N3OS2/c1-2-22-15-8-4-3-7-14(15)16(21)19-12-13-6-5-10-20(13)17-18-9-11-23-17/h3-4,7-9,11,13H,2,5-6,10,12H2,1H3,(H,19,21). The highest BCUT2D eigenvalue weighted by atomic mass is 32.2. The molecule has 1 aromatic heterocycles. The van der Waals surface area contributed by atoms with E-state index in [2.05, 4.69) is 22.1 Å². The summed E-state index contributed by atoms with van der Waals surface area (Å²) in [7, 11) is 0. The van der Waals surface area contributed by atoms with Crippen LogP contribution < -0.4 is 10.2 Å². The quantitative estimate of drug-likeness (QED) is 0.810. The van der Waals surface area contributed by atoms with E-state index in [1.54, 1.807) is 23.1 Å². The number of amides is 1. The molecule has 2 aromatic rings. The van der Waals surface area contributed by atoms with Gasteiger partial charge in [0, 0.05) is 35.6 Å². The van der Waals surface area contributed by atoms with Gasteiger partial charge in [-0.3, -0.25) is 4.79 Å². The summed E-state index contributed by atoms with van der Waals surface area (Å²) in [5.41, 5.74) is 0.776. The van der Waals surface area contributed by atoms with E-state index in [4.69, 9.17) is 0 Å². The number of carbonyl (C=O) groups excluding carboxylic acids is 1. The third-order valence-corrected chi connectivity index (χ3v) is 5.74. The van der Waals surface area contributed by atoms with Crippen molar-refractivity contribution in [2.75, 3.05) is 23.7 Å². The van der Waals surface area contributed by atoms with Crippen molar-refractivity contribution < 1.29 is 4.79 Å². The molecule has 6 heteroatoms. The number of thioether (sulfide) groups is 1. The molecule has 0 aliphatic carbocycles. The van der Waals surface area contributed by atoms with E-state index in [0.717, 1.165) is 40.7 Å². The second kappa shape index (κ2) is 7.84. The fraction of sp³-hybridized carbons (Fsp3) is 0.412. The summed E-state index contributed by atoms with van der Waals surface area (Å²) in [4.78, 5) is 20.3. The van der Waals surface area contributed by atoms with Gasteiger partial charge >= 0.3 is 0 Å². The average molecular weight is 348 g/mol. The van der Waals surface area contributed by atoms with Crippen LogP contribution in [0.3, 0.4) is 0 Å². The minimum absolute atomic E-state index is 0.0209. The van der Waals surface area contributed by atoms with Crippen LogP contribution in [0.2, 0.25) is 0 Å². The molecule has 3 rings (SSSR count). The smallest absolute Gasteiger partial charge is 0.252 e. The maximum absolute atomic E-state index is 12.5. The van der Waals surface area contributed by atoms with Crippen molar-refractivity contribution in [3.8, 4) is 0 Å². The lowest BCUT2D eigenvalue weighted by Crippen LogP contribution is -2.40. The first-order valence-corrected chi connectivity index (χ1v) is 9.82. The molecule has 1 fully saturated rings. The number of rotatable bonds is 6. The Labute approximate surface area is 145 Å². The van der Waals surface area contributed by atoms with Crippen LogP contribution in [0, 0.1) is 0 Å². The number of hydrogen-bond acceptors (Lipinski definition) is 5. The second-order valence-electron chi connectivity index (χ2n) is 5.44.